The van der Waals surface area contributed by atoms with Gasteiger partial charge in [0.2, 0.25) is 0 Å². The Bertz CT molecular complexity index is 1370. The molecule has 6 heteroatoms. The molecule has 202 valence electrons. The van der Waals surface area contributed by atoms with Crippen molar-refractivity contribution < 1.29 is 19.4 Å². The monoisotopic (exact) mass is 524 g/mol. The van der Waals surface area contributed by atoms with Gasteiger partial charge in [0.05, 0.1) is 11.6 Å². The molecule has 0 bridgehead atoms. The molecule has 39 heavy (non-hydrogen) atoms. The predicted molar refractivity (Wildman–Crippen MR) is 154 cm³/mol. The van der Waals surface area contributed by atoms with E-state index in [9.17, 15) is 14.7 Å². The van der Waals surface area contributed by atoms with Crippen molar-refractivity contribution in [2.75, 3.05) is 19.0 Å². The highest BCUT2D eigenvalue weighted by molar-refractivity contribution is 6.46. The number of Topliss-reactive ketones (excluding diaryl/α,β-unsaturated/α-hetero) is 1. The van der Waals surface area contributed by atoms with Crippen LogP contribution >= 0.6 is 0 Å². The SMILES string of the molecule is Cc1cc(/C(O)=C2/C(=O)C(=O)N(C3CCCCC3)C2c2ccc(N(C)C)cc2)ccc1OCc1ccccc1. The van der Waals surface area contributed by atoms with Crippen LogP contribution in [0.15, 0.2) is 78.4 Å². The molecule has 0 spiro atoms. The lowest BCUT2D eigenvalue weighted by molar-refractivity contribution is -0.141. The maximum atomic E-state index is 13.5. The Morgan fingerprint density at radius 1 is 0.949 bits per heavy atom. The molecule has 1 saturated heterocycles. The number of anilines is 1. The van der Waals surface area contributed by atoms with Gasteiger partial charge in [0.1, 0.15) is 18.1 Å². The van der Waals surface area contributed by atoms with E-state index in [1.54, 1.807) is 11.0 Å². The molecule has 1 heterocycles. The summed E-state index contributed by atoms with van der Waals surface area (Å²) in [6.07, 6.45) is 4.94. The Morgan fingerprint density at radius 3 is 2.28 bits per heavy atom. The van der Waals surface area contributed by atoms with Crippen molar-refractivity contribution in [2.24, 2.45) is 0 Å². The van der Waals surface area contributed by atoms with Gasteiger partial charge in [-0.1, -0.05) is 61.7 Å². The third kappa shape index (κ3) is 5.42. The molecule has 1 unspecified atom stereocenters. The van der Waals surface area contributed by atoms with E-state index in [0.29, 0.717) is 17.9 Å². The summed E-state index contributed by atoms with van der Waals surface area (Å²) < 4.78 is 6.01. The van der Waals surface area contributed by atoms with E-state index < -0.39 is 17.7 Å². The fraction of sp³-hybridized carbons (Fsp3) is 0.333. The van der Waals surface area contributed by atoms with Gasteiger partial charge in [0.15, 0.2) is 0 Å². The molecule has 1 amide bonds. The zero-order valence-electron chi connectivity index (χ0n) is 22.9. The van der Waals surface area contributed by atoms with E-state index in [1.807, 2.05) is 92.6 Å². The molecular weight excluding hydrogens is 488 g/mol. The summed E-state index contributed by atoms with van der Waals surface area (Å²) in [6.45, 7) is 2.34. The summed E-state index contributed by atoms with van der Waals surface area (Å²) in [5, 5.41) is 11.6. The van der Waals surface area contributed by atoms with Crippen molar-refractivity contribution in [3.8, 4) is 5.75 Å². The van der Waals surface area contributed by atoms with Crippen LogP contribution in [0.3, 0.4) is 0 Å². The van der Waals surface area contributed by atoms with Crippen molar-refractivity contribution in [2.45, 2.75) is 57.7 Å². The highest BCUT2D eigenvalue weighted by Crippen LogP contribution is 2.43. The molecule has 3 aromatic rings. The Kier molecular flexibility index (Phi) is 7.73. The summed E-state index contributed by atoms with van der Waals surface area (Å²) in [6, 6.07) is 22.5. The smallest absolute Gasteiger partial charge is 0.295 e. The molecule has 2 fully saturated rings. The third-order valence-corrected chi connectivity index (χ3v) is 7.86. The van der Waals surface area contributed by atoms with Gasteiger partial charge < -0.3 is 19.6 Å². The second-order valence-corrected chi connectivity index (χ2v) is 10.7. The Labute approximate surface area is 230 Å². The van der Waals surface area contributed by atoms with Crippen LogP contribution in [-0.2, 0) is 16.2 Å². The van der Waals surface area contributed by atoms with Crippen LogP contribution in [0.5, 0.6) is 5.75 Å². The number of nitrogens with zero attached hydrogens (tertiary/aromatic N) is 2. The number of carbonyl (C=O) groups is 2. The number of aliphatic hydroxyl groups excluding tert-OH is 1. The van der Waals surface area contributed by atoms with Gasteiger partial charge in [-0.15, -0.1) is 0 Å². The first-order chi connectivity index (χ1) is 18.8. The third-order valence-electron chi connectivity index (χ3n) is 7.86. The van der Waals surface area contributed by atoms with Crippen LogP contribution in [0.4, 0.5) is 5.69 Å². The van der Waals surface area contributed by atoms with Crippen molar-refractivity contribution in [1.82, 2.24) is 4.90 Å². The number of aliphatic hydroxyl groups is 1. The highest BCUT2D eigenvalue weighted by Gasteiger charge is 2.48. The quantitative estimate of drug-likeness (QED) is 0.220. The van der Waals surface area contributed by atoms with E-state index in [0.717, 1.165) is 54.5 Å². The minimum Gasteiger partial charge on any atom is -0.507 e. The zero-order valence-corrected chi connectivity index (χ0v) is 22.9. The van der Waals surface area contributed by atoms with Crippen LogP contribution in [-0.4, -0.2) is 41.8 Å². The molecule has 6 nitrogen and oxygen atoms in total. The van der Waals surface area contributed by atoms with Gasteiger partial charge in [-0.3, -0.25) is 9.59 Å². The number of likely N-dealkylation sites (tertiary alicyclic amines) is 1. The molecule has 2 aliphatic rings. The maximum absolute atomic E-state index is 13.5. The van der Waals surface area contributed by atoms with E-state index >= 15 is 0 Å². The standard InChI is InChI=1S/C33H36N2O4/c1-22-20-25(16-19-28(22)39-21-23-10-6-4-7-11-23)31(36)29-30(24-14-17-26(18-15-24)34(2)3)35(33(38)32(29)37)27-12-8-5-9-13-27/h4,6-7,10-11,14-20,27,30,36H,5,8-9,12-13,21H2,1-3H3/b31-29-. The first-order valence-corrected chi connectivity index (χ1v) is 13.7. The molecule has 1 N–H and O–H groups in total. The first kappa shape index (κ1) is 26.5. The normalized spacial score (nSPS) is 19.4. The summed E-state index contributed by atoms with van der Waals surface area (Å²) in [5.74, 6) is -0.591. The summed E-state index contributed by atoms with van der Waals surface area (Å²) >= 11 is 0. The fourth-order valence-electron chi connectivity index (χ4n) is 5.72. The Balaban J connectivity index is 1.52. The molecule has 1 aliphatic carbocycles. The molecule has 3 aromatic carbocycles. The predicted octanol–water partition coefficient (Wildman–Crippen LogP) is 6.39. The van der Waals surface area contributed by atoms with Gasteiger partial charge in [-0.05, 0) is 66.8 Å². The van der Waals surface area contributed by atoms with Crippen LogP contribution in [0, 0.1) is 6.92 Å². The van der Waals surface area contributed by atoms with Crippen LogP contribution in [0.2, 0.25) is 0 Å². The molecule has 1 saturated carbocycles. The van der Waals surface area contributed by atoms with Gasteiger partial charge in [0.25, 0.3) is 11.7 Å². The average Bonchev–Trinajstić information content (AvgIpc) is 3.23. The minimum atomic E-state index is -0.626. The summed E-state index contributed by atoms with van der Waals surface area (Å²) in [7, 11) is 3.94. The number of benzene rings is 3. The van der Waals surface area contributed by atoms with Gasteiger partial charge in [-0.2, -0.15) is 0 Å². The minimum absolute atomic E-state index is 0.0190. The number of ketones is 1. The Morgan fingerprint density at radius 2 is 1.64 bits per heavy atom. The zero-order chi connectivity index (χ0) is 27.5. The van der Waals surface area contributed by atoms with Crippen molar-refractivity contribution >= 4 is 23.1 Å². The molecule has 1 atom stereocenters. The van der Waals surface area contributed by atoms with E-state index in [2.05, 4.69) is 0 Å². The molecule has 1 aliphatic heterocycles. The second kappa shape index (κ2) is 11.4. The van der Waals surface area contributed by atoms with E-state index in [4.69, 9.17) is 4.74 Å². The number of ether oxygens (including phenoxy) is 1. The fourth-order valence-corrected chi connectivity index (χ4v) is 5.72. The number of hydrogen-bond acceptors (Lipinski definition) is 5. The second-order valence-electron chi connectivity index (χ2n) is 10.7. The van der Waals surface area contributed by atoms with E-state index in [-0.39, 0.29) is 17.4 Å². The van der Waals surface area contributed by atoms with Gasteiger partial charge >= 0.3 is 0 Å². The highest BCUT2D eigenvalue weighted by atomic mass is 16.5. The lowest BCUT2D eigenvalue weighted by atomic mass is 9.90. The van der Waals surface area contributed by atoms with Gasteiger partial charge in [-0.25, -0.2) is 0 Å². The number of aryl methyl sites for hydroxylation is 1. The number of rotatable bonds is 7. The largest absolute Gasteiger partial charge is 0.507 e. The Hall–Kier alpha value is -4.06. The number of carbonyl (C=O) groups excluding carboxylic acids is 2. The molecule has 5 rings (SSSR count). The first-order valence-electron chi connectivity index (χ1n) is 13.7. The van der Waals surface area contributed by atoms with Gasteiger partial charge in [0, 0.05) is 31.4 Å². The molecular formula is C33H36N2O4. The lowest BCUT2D eigenvalue weighted by Gasteiger charge is -2.35. The van der Waals surface area contributed by atoms with E-state index in [1.165, 1.54) is 0 Å². The van der Waals surface area contributed by atoms with Crippen molar-refractivity contribution in [3.63, 3.8) is 0 Å². The molecule has 0 radical (unpaired) electrons. The number of hydrogen-bond donors (Lipinski definition) is 1. The summed E-state index contributed by atoms with van der Waals surface area (Å²) in [4.78, 5) is 30.7. The average molecular weight is 525 g/mol. The van der Waals surface area contributed by atoms with Crippen LogP contribution in [0.1, 0.15) is 60.4 Å². The number of amides is 1. The maximum Gasteiger partial charge on any atom is 0.295 e. The van der Waals surface area contributed by atoms with Crippen molar-refractivity contribution in [3.05, 3.63) is 101 Å². The van der Waals surface area contributed by atoms with Crippen molar-refractivity contribution in [1.29, 1.82) is 0 Å². The van der Waals surface area contributed by atoms with Crippen LogP contribution < -0.4 is 9.64 Å². The topological polar surface area (TPSA) is 70.1 Å². The molecule has 0 aromatic heterocycles. The summed E-state index contributed by atoms with van der Waals surface area (Å²) in [5.41, 5.74) is 4.40. The van der Waals surface area contributed by atoms with Crippen LogP contribution in [0.25, 0.3) is 5.76 Å². The lowest BCUT2D eigenvalue weighted by Crippen LogP contribution is -2.40.